The summed E-state index contributed by atoms with van der Waals surface area (Å²) in [5.74, 6) is 0. The number of rotatable bonds is 3. The molecule has 3 heteroatoms. The second kappa shape index (κ2) is 3.54. The van der Waals surface area contributed by atoms with Gasteiger partial charge in [-0.15, -0.1) is 0 Å². The zero-order valence-corrected chi connectivity index (χ0v) is 7.85. The highest BCUT2D eigenvalue weighted by molar-refractivity contribution is 9.09. The second-order valence-corrected chi connectivity index (χ2v) is 3.93. The summed E-state index contributed by atoms with van der Waals surface area (Å²) in [7, 11) is 6.18. The second-order valence-electron chi connectivity index (χ2n) is 3.28. The van der Waals surface area contributed by atoms with Gasteiger partial charge in [-0.25, -0.2) is 0 Å². The molecule has 2 nitrogen and oxygen atoms in total. The molecular formula is C6H15BrNO+. The number of aliphatic hydroxyl groups excluding tert-OH is 1. The normalized spacial score (nSPS) is 15.7. The van der Waals surface area contributed by atoms with E-state index in [0.29, 0.717) is 5.33 Å². The Balaban J connectivity index is 3.47. The van der Waals surface area contributed by atoms with Crippen molar-refractivity contribution in [3.63, 3.8) is 0 Å². The minimum Gasteiger partial charge on any atom is -0.386 e. The van der Waals surface area contributed by atoms with Gasteiger partial charge in [-0.2, -0.15) is 0 Å². The Bertz CT molecular complexity index is 79.6. The average Bonchev–Trinajstić information content (AvgIpc) is 1.62. The summed E-state index contributed by atoms with van der Waals surface area (Å²) in [5.41, 5.74) is 0. The Kier molecular flexibility index (Phi) is 3.70. The maximum absolute atomic E-state index is 9.13. The molecule has 56 valence electrons. The summed E-state index contributed by atoms with van der Waals surface area (Å²) in [5, 5.41) is 9.80. The molecule has 0 aliphatic carbocycles. The maximum atomic E-state index is 9.13. The number of hydrogen-bond acceptors (Lipinski definition) is 1. The predicted molar refractivity (Wildman–Crippen MR) is 42.7 cm³/mol. The fourth-order valence-corrected chi connectivity index (χ4v) is 0.886. The molecular weight excluding hydrogens is 182 g/mol. The number of quaternary nitrogens is 1. The first-order valence-electron chi connectivity index (χ1n) is 3.00. The summed E-state index contributed by atoms with van der Waals surface area (Å²) in [6.07, 6.45) is -0.218. The lowest BCUT2D eigenvalue weighted by atomic mass is 10.3. The van der Waals surface area contributed by atoms with Crippen LogP contribution in [0.3, 0.4) is 0 Å². The summed E-state index contributed by atoms with van der Waals surface area (Å²) >= 11 is 3.21. The van der Waals surface area contributed by atoms with Gasteiger partial charge in [0.2, 0.25) is 0 Å². The van der Waals surface area contributed by atoms with Gasteiger partial charge in [0.05, 0.1) is 21.1 Å². The van der Waals surface area contributed by atoms with Crippen LogP contribution in [0.1, 0.15) is 0 Å². The van der Waals surface area contributed by atoms with Gasteiger partial charge in [-0.05, 0) is 0 Å². The van der Waals surface area contributed by atoms with E-state index in [4.69, 9.17) is 5.11 Å². The first-order chi connectivity index (χ1) is 3.95. The van der Waals surface area contributed by atoms with Crippen LogP contribution in [0.5, 0.6) is 0 Å². The highest BCUT2D eigenvalue weighted by atomic mass is 79.9. The maximum Gasteiger partial charge on any atom is 0.112 e. The van der Waals surface area contributed by atoms with Crippen LogP contribution in [-0.2, 0) is 0 Å². The molecule has 0 amide bonds. The van der Waals surface area contributed by atoms with E-state index in [1.54, 1.807) is 0 Å². The van der Waals surface area contributed by atoms with Gasteiger partial charge in [-0.3, -0.25) is 0 Å². The smallest absolute Gasteiger partial charge is 0.112 e. The highest BCUT2D eigenvalue weighted by Gasteiger charge is 2.13. The van der Waals surface area contributed by atoms with Gasteiger partial charge in [0.1, 0.15) is 12.6 Å². The Hall–Kier alpha value is 0.400. The fourth-order valence-electron chi connectivity index (χ4n) is 0.681. The van der Waals surface area contributed by atoms with Gasteiger partial charge in [-0.1, -0.05) is 15.9 Å². The quantitative estimate of drug-likeness (QED) is 0.514. The first-order valence-corrected chi connectivity index (χ1v) is 4.12. The van der Waals surface area contributed by atoms with Gasteiger partial charge >= 0.3 is 0 Å². The van der Waals surface area contributed by atoms with Crippen molar-refractivity contribution in [3.8, 4) is 0 Å². The highest BCUT2D eigenvalue weighted by Crippen LogP contribution is 1.97. The molecule has 1 N–H and O–H groups in total. The van der Waals surface area contributed by atoms with Crippen LogP contribution in [0.25, 0.3) is 0 Å². The van der Waals surface area contributed by atoms with Crippen molar-refractivity contribution in [1.29, 1.82) is 0 Å². The molecule has 0 aliphatic heterocycles. The van der Waals surface area contributed by atoms with Crippen LogP contribution in [0.2, 0.25) is 0 Å². The third kappa shape index (κ3) is 6.28. The molecule has 0 rings (SSSR count). The van der Waals surface area contributed by atoms with E-state index in [9.17, 15) is 0 Å². The van der Waals surface area contributed by atoms with Crippen molar-refractivity contribution in [3.05, 3.63) is 0 Å². The van der Waals surface area contributed by atoms with Crippen LogP contribution in [0, 0.1) is 0 Å². The van der Waals surface area contributed by atoms with Gasteiger partial charge in [0.15, 0.2) is 0 Å². The van der Waals surface area contributed by atoms with Crippen LogP contribution in [0.15, 0.2) is 0 Å². The van der Waals surface area contributed by atoms with E-state index in [1.165, 1.54) is 0 Å². The van der Waals surface area contributed by atoms with Crippen LogP contribution >= 0.6 is 15.9 Å². The monoisotopic (exact) mass is 196 g/mol. The van der Waals surface area contributed by atoms with Crippen molar-refractivity contribution >= 4 is 15.9 Å². The Morgan fingerprint density at radius 3 is 2.00 bits per heavy atom. The van der Waals surface area contributed by atoms with Gasteiger partial charge in [0, 0.05) is 5.33 Å². The van der Waals surface area contributed by atoms with Crippen LogP contribution < -0.4 is 0 Å². The summed E-state index contributed by atoms with van der Waals surface area (Å²) < 4.78 is 0.812. The number of hydrogen-bond donors (Lipinski definition) is 1. The van der Waals surface area contributed by atoms with Crippen molar-refractivity contribution in [2.45, 2.75) is 6.10 Å². The SMILES string of the molecule is C[N+](C)(C)C[C@H](O)CBr. The Morgan fingerprint density at radius 1 is 1.44 bits per heavy atom. The molecule has 0 aromatic carbocycles. The molecule has 0 aromatic rings. The number of likely N-dealkylation sites (N-methyl/N-ethyl adjacent to an activating group) is 1. The van der Waals surface area contributed by atoms with E-state index >= 15 is 0 Å². The number of nitrogens with zero attached hydrogens (tertiary/aromatic N) is 1. The zero-order valence-electron chi connectivity index (χ0n) is 6.26. The molecule has 0 spiro atoms. The molecule has 0 saturated heterocycles. The number of alkyl halides is 1. The zero-order chi connectivity index (χ0) is 7.49. The van der Waals surface area contributed by atoms with Crippen molar-refractivity contribution < 1.29 is 9.59 Å². The molecule has 0 saturated carbocycles. The lowest BCUT2D eigenvalue weighted by molar-refractivity contribution is -0.873. The molecule has 0 aromatic heterocycles. The van der Waals surface area contributed by atoms with Crippen molar-refractivity contribution in [1.82, 2.24) is 0 Å². The summed E-state index contributed by atoms with van der Waals surface area (Å²) in [6, 6.07) is 0. The molecule has 0 bridgehead atoms. The molecule has 0 fully saturated rings. The molecule has 1 atom stereocenters. The fraction of sp³-hybridized carbons (Fsp3) is 1.00. The average molecular weight is 197 g/mol. The van der Waals surface area contributed by atoms with E-state index in [2.05, 4.69) is 37.1 Å². The molecule has 0 heterocycles. The van der Waals surface area contributed by atoms with E-state index < -0.39 is 0 Å². The number of halogens is 1. The molecule has 0 unspecified atom stereocenters. The lowest BCUT2D eigenvalue weighted by Gasteiger charge is -2.25. The largest absolute Gasteiger partial charge is 0.386 e. The van der Waals surface area contributed by atoms with E-state index in [1.807, 2.05) is 0 Å². The van der Waals surface area contributed by atoms with Gasteiger partial charge in [0.25, 0.3) is 0 Å². The van der Waals surface area contributed by atoms with Crippen LogP contribution in [-0.4, -0.2) is 48.7 Å². The summed E-state index contributed by atoms with van der Waals surface area (Å²) in [6.45, 7) is 0.797. The Morgan fingerprint density at radius 2 is 1.89 bits per heavy atom. The topological polar surface area (TPSA) is 20.2 Å². The molecule has 0 aliphatic rings. The first kappa shape index (κ1) is 9.40. The third-order valence-electron chi connectivity index (χ3n) is 0.937. The number of aliphatic hydroxyl groups is 1. The lowest BCUT2D eigenvalue weighted by Crippen LogP contribution is -2.41. The predicted octanol–water partition coefficient (Wildman–Crippen LogP) is 0.448. The third-order valence-corrected chi connectivity index (χ3v) is 1.68. The Labute approximate surface area is 65.2 Å². The van der Waals surface area contributed by atoms with E-state index in [0.717, 1.165) is 11.0 Å². The van der Waals surface area contributed by atoms with Gasteiger partial charge < -0.3 is 9.59 Å². The molecule has 9 heavy (non-hydrogen) atoms. The van der Waals surface area contributed by atoms with Crippen molar-refractivity contribution in [2.24, 2.45) is 0 Å². The summed E-state index contributed by atoms with van der Waals surface area (Å²) in [4.78, 5) is 0. The standard InChI is InChI=1S/C6H15BrNO/c1-8(2,3)5-6(9)4-7/h6,9H,4-5H2,1-3H3/q+1/t6-/m1/s1. The van der Waals surface area contributed by atoms with Crippen molar-refractivity contribution in [2.75, 3.05) is 33.0 Å². The molecule has 0 radical (unpaired) electrons. The van der Waals surface area contributed by atoms with E-state index in [-0.39, 0.29) is 6.10 Å². The minimum atomic E-state index is -0.218. The van der Waals surface area contributed by atoms with Crippen LogP contribution in [0.4, 0.5) is 0 Å². The minimum absolute atomic E-state index is 0.218.